The van der Waals surface area contributed by atoms with Crippen LogP contribution in [0.4, 0.5) is 24.8 Å². The zero-order chi connectivity index (χ0) is 38.2. The highest BCUT2D eigenvalue weighted by atomic mass is 35.5. The standard InChI is InChI=1S/C29H36ClN9O5.C2HF3O2/c1-5-38-20-9-8-18(44-15-24(42)37(13-17(4)40)14-19-22(41)10-7-16(3)34-19)11-21(20)39(6-2)23(38)12-33-29(43)25-27(31)36-28(32)26(30)35-25;3-2(4,5)1(6)7/h7-11,17,40H,5-6,12-15H2,1-4H3,(H5-,31,32,33,36,41,43);(H,6,7)/t17-;/m0./s1. The van der Waals surface area contributed by atoms with Gasteiger partial charge in [-0.1, -0.05) is 11.6 Å². The van der Waals surface area contributed by atoms with Crippen LogP contribution in [-0.2, 0) is 35.8 Å². The first kappa shape index (κ1) is 40.0. The van der Waals surface area contributed by atoms with Gasteiger partial charge in [-0.05, 0) is 52.0 Å². The molecule has 0 unspecified atom stereocenters. The van der Waals surface area contributed by atoms with Crippen LogP contribution in [-0.4, -0.2) is 77.8 Å². The van der Waals surface area contributed by atoms with Gasteiger partial charge in [0.15, 0.2) is 40.1 Å². The Morgan fingerprint density at radius 3 is 2.39 bits per heavy atom. The number of hydrogen-bond donors (Lipinski definition) is 5. The summed E-state index contributed by atoms with van der Waals surface area (Å²) >= 11 is 5.94. The molecule has 0 saturated heterocycles. The average Bonchev–Trinajstić information content (AvgIpc) is 3.36. The Balaban J connectivity index is 0.000000908. The molecule has 0 aliphatic heterocycles. The second-order valence-electron chi connectivity index (χ2n) is 11.0. The predicted octanol–water partition coefficient (Wildman–Crippen LogP) is 1.00. The Bertz CT molecular complexity index is 1910. The summed E-state index contributed by atoms with van der Waals surface area (Å²) in [5, 5.41) is 31.7. The van der Waals surface area contributed by atoms with Gasteiger partial charge in [-0.15, -0.1) is 0 Å². The lowest BCUT2D eigenvalue weighted by Crippen LogP contribution is -2.40. The molecule has 0 radical (unpaired) electrons. The highest BCUT2D eigenvalue weighted by molar-refractivity contribution is 6.31. The number of halogens is 4. The minimum absolute atomic E-state index is 0.0176. The molecule has 51 heavy (non-hydrogen) atoms. The number of aromatic nitrogens is 5. The fourth-order valence-electron chi connectivity index (χ4n) is 4.92. The van der Waals surface area contributed by atoms with Crippen LogP contribution in [0, 0.1) is 6.92 Å². The minimum Gasteiger partial charge on any atom is -0.542 e. The molecule has 0 spiro atoms. The van der Waals surface area contributed by atoms with E-state index in [1.165, 1.54) is 11.0 Å². The highest BCUT2D eigenvalue weighted by Crippen LogP contribution is 2.23. The summed E-state index contributed by atoms with van der Waals surface area (Å²) in [6.45, 7) is 8.47. The van der Waals surface area contributed by atoms with E-state index in [9.17, 15) is 33.0 Å². The molecule has 1 aromatic carbocycles. The smallest absolute Gasteiger partial charge is 0.430 e. The van der Waals surface area contributed by atoms with Crippen LogP contribution in [0.25, 0.3) is 11.0 Å². The molecule has 20 heteroatoms. The molecule has 4 aromatic rings. The summed E-state index contributed by atoms with van der Waals surface area (Å²) in [5.41, 5.74) is 14.1. The lowest BCUT2D eigenvalue weighted by molar-refractivity contribution is -0.676. The normalized spacial score (nSPS) is 11.8. The number of alkyl halides is 3. The summed E-state index contributed by atoms with van der Waals surface area (Å²) in [6.07, 6.45) is -5.99. The van der Waals surface area contributed by atoms with Crippen molar-refractivity contribution in [3.63, 3.8) is 0 Å². The summed E-state index contributed by atoms with van der Waals surface area (Å²) in [5.74, 6) is -2.88. The van der Waals surface area contributed by atoms with E-state index >= 15 is 0 Å². The summed E-state index contributed by atoms with van der Waals surface area (Å²) < 4.78 is 41.5. The van der Waals surface area contributed by atoms with Crippen LogP contribution in [0.1, 0.15) is 48.5 Å². The Morgan fingerprint density at radius 2 is 1.80 bits per heavy atom. The molecule has 0 aliphatic rings. The number of aromatic hydroxyl groups is 1. The number of hydrogen-bond acceptors (Lipinski definition) is 12. The Morgan fingerprint density at radius 1 is 1.14 bits per heavy atom. The van der Waals surface area contributed by atoms with E-state index in [1.54, 1.807) is 26.0 Å². The number of amides is 2. The number of nitrogen functional groups attached to an aromatic ring is 2. The minimum atomic E-state index is -5.19. The zero-order valence-electron chi connectivity index (χ0n) is 28.0. The van der Waals surface area contributed by atoms with E-state index in [0.717, 1.165) is 16.9 Å². The van der Waals surface area contributed by atoms with Gasteiger partial charge in [0.05, 0.1) is 25.7 Å². The van der Waals surface area contributed by atoms with Crippen LogP contribution in [0.15, 0.2) is 30.3 Å². The molecule has 2 amide bonds. The molecule has 1 atom stereocenters. The van der Waals surface area contributed by atoms with Crippen LogP contribution in [0.2, 0.25) is 5.15 Å². The van der Waals surface area contributed by atoms with E-state index in [-0.39, 0.29) is 60.4 Å². The van der Waals surface area contributed by atoms with E-state index in [1.807, 2.05) is 30.5 Å². The molecule has 3 aromatic heterocycles. The molecule has 0 saturated carbocycles. The predicted molar refractivity (Wildman–Crippen MR) is 175 cm³/mol. The maximum absolute atomic E-state index is 13.2. The van der Waals surface area contributed by atoms with Gasteiger partial charge in [0.25, 0.3) is 17.6 Å². The van der Waals surface area contributed by atoms with Gasteiger partial charge in [0.2, 0.25) is 0 Å². The second kappa shape index (κ2) is 17.0. The van der Waals surface area contributed by atoms with Gasteiger partial charge in [0, 0.05) is 18.3 Å². The molecule has 7 N–H and O–H groups in total. The van der Waals surface area contributed by atoms with Gasteiger partial charge in [-0.3, -0.25) is 14.6 Å². The second-order valence-corrected chi connectivity index (χ2v) is 11.3. The number of ether oxygens (including phenoxy) is 1. The third-order valence-electron chi connectivity index (χ3n) is 7.17. The van der Waals surface area contributed by atoms with Crippen molar-refractivity contribution < 1.29 is 52.2 Å². The van der Waals surface area contributed by atoms with E-state index in [4.69, 9.17) is 37.7 Å². The van der Waals surface area contributed by atoms with Crippen molar-refractivity contribution >= 4 is 52.1 Å². The first-order chi connectivity index (χ1) is 23.9. The van der Waals surface area contributed by atoms with Crippen molar-refractivity contribution in [2.24, 2.45) is 0 Å². The van der Waals surface area contributed by atoms with E-state index < -0.39 is 24.2 Å². The van der Waals surface area contributed by atoms with Crippen LogP contribution in [0.3, 0.4) is 0 Å². The molecule has 0 aliphatic carbocycles. The molecule has 16 nitrogen and oxygen atoms in total. The number of anilines is 2. The van der Waals surface area contributed by atoms with Crippen molar-refractivity contribution in [2.75, 3.05) is 24.6 Å². The fourth-order valence-corrected chi connectivity index (χ4v) is 5.05. The number of nitrogens with one attached hydrogen (secondary N) is 1. The zero-order valence-corrected chi connectivity index (χ0v) is 28.7. The van der Waals surface area contributed by atoms with E-state index in [2.05, 4.69) is 24.8 Å². The van der Waals surface area contributed by atoms with Crippen LogP contribution in [0.5, 0.6) is 11.5 Å². The third-order valence-corrected chi connectivity index (χ3v) is 7.45. The quantitative estimate of drug-likeness (QED) is 0.128. The number of imidazole rings is 1. The molecular formula is C31H37ClF3N9O7. The number of pyridine rings is 1. The molecule has 0 fully saturated rings. The molecule has 276 valence electrons. The topological polar surface area (TPSA) is 239 Å². The molecule has 3 heterocycles. The summed E-state index contributed by atoms with van der Waals surface area (Å²) in [6, 6.07) is 8.69. The number of aliphatic carboxylic acids is 1. The van der Waals surface area contributed by atoms with Crippen molar-refractivity contribution in [1.29, 1.82) is 0 Å². The first-order valence-electron chi connectivity index (χ1n) is 15.3. The number of carboxylic acids is 1. The molecular weight excluding hydrogens is 703 g/mol. The number of aliphatic hydroxyl groups excluding tert-OH is 1. The van der Waals surface area contributed by atoms with Crippen LogP contribution >= 0.6 is 11.6 Å². The van der Waals surface area contributed by atoms with Crippen molar-refractivity contribution in [3.8, 4) is 11.5 Å². The van der Waals surface area contributed by atoms with Gasteiger partial charge < -0.3 is 46.5 Å². The van der Waals surface area contributed by atoms with E-state index in [0.29, 0.717) is 30.2 Å². The number of carbonyl (C=O) groups is 3. The van der Waals surface area contributed by atoms with Gasteiger partial charge in [-0.25, -0.2) is 19.1 Å². The monoisotopic (exact) mass is 739 g/mol. The number of rotatable bonds is 12. The largest absolute Gasteiger partial charge is 0.542 e. The Labute approximate surface area is 294 Å². The molecule has 4 rings (SSSR count). The Kier molecular flexibility index (Phi) is 13.3. The van der Waals surface area contributed by atoms with Gasteiger partial charge in [-0.2, -0.15) is 13.2 Å². The Hall–Kier alpha value is -5.43. The lowest BCUT2D eigenvalue weighted by atomic mass is 10.2. The van der Waals surface area contributed by atoms with Gasteiger partial charge in [0.1, 0.15) is 29.7 Å². The number of aryl methyl sites for hydroxylation is 3. The SMILES string of the molecule is CCn1c(CNC(=O)c2nc(Cl)c(N)nc2N)[n+](CC)c2ccc(OCC(=O)N(Cc3nc(C)ccc3O)C[C@H](C)O)cc21.O=C([O-])C(F)(F)F. The number of benzene rings is 1. The number of aliphatic hydroxyl groups is 1. The number of nitrogens with zero attached hydrogens (tertiary/aromatic N) is 6. The number of carboxylic acid groups (broad SMARTS) is 1. The summed E-state index contributed by atoms with van der Waals surface area (Å²) in [4.78, 5) is 48.4. The highest BCUT2D eigenvalue weighted by Gasteiger charge is 2.29. The number of fused-ring (bicyclic) bond motifs is 1. The van der Waals surface area contributed by atoms with Crippen LogP contribution < -0.4 is 31.2 Å². The number of carbonyl (C=O) groups excluding carboxylic acids is 3. The number of nitrogens with two attached hydrogens (primary N) is 2. The first-order valence-corrected chi connectivity index (χ1v) is 15.7. The summed E-state index contributed by atoms with van der Waals surface area (Å²) in [7, 11) is 0. The van der Waals surface area contributed by atoms with Crippen molar-refractivity contribution in [2.45, 2.75) is 66.2 Å². The molecule has 0 bridgehead atoms. The third kappa shape index (κ3) is 10.3. The van der Waals surface area contributed by atoms with Crippen molar-refractivity contribution in [3.05, 3.63) is 58.4 Å². The fraction of sp³-hybridized carbons (Fsp3) is 0.387. The maximum Gasteiger partial charge on any atom is 0.430 e. The lowest BCUT2D eigenvalue weighted by Gasteiger charge is -2.24. The van der Waals surface area contributed by atoms with Gasteiger partial charge >= 0.3 is 6.18 Å². The maximum atomic E-state index is 13.2. The van der Waals surface area contributed by atoms with Crippen molar-refractivity contribution in [1.82, 2.24) is 29.7 Å². The average molecular weight is 740 g/mol.